The third-order valence-corrected chi connectivity index (χ3v) is 3.01. The van der Waals surface area contributed by atoms with E-state index in [1.165, 1.54) is 4.88 Å². The molecule has 2 aromatic rings. The van der Waals surface area contributed by atoms with Crippen LogP contribution in [0.3, 0.4) is 0 Å². The molecule has 0 aliphatic rings. The molecule has 2 heterocycles. The van der Waals surface area contributed by atoms with E-state index in [4.69, 9.17) is 0 Å². The quantitative estimate of drug-likeness (QED) is 0.890. The second-order valence-electron chi connectivity index (χ2n) is 3.43. The largest absolute Gasteiger partial charge is 0.378 e. The Balaban J connectivity index is 0.00000128. The van der Waals surface area contributed by atoms with Gasteiger partial charge in [-0.05, 0) is 17.9 Å². The molecule has 0 aromatic carbocycles. The zero-order valence-electron chi connectivity index (χ0n) is 9.22. The molecule has 88 valence electrons. The highest BCUT2D eigenvalue weighted by Gasteiger charge is 1.97. The Labute approximate surface area is 106 Å². The van der Waals surface area contributed by atoms with E-state index in [0.717, 1.165) is 25.2 Å². The minimum absolute atomic E-state index is 0. The van der Waals surface area contributed by atoms with Gasteiger partial charge in [0.25, 0.3) is 0 Å². The van der Waals surface area contributed by atoms with Gasteiger partial charge in [0.15, 0.2) is 0 Å². The summed E-state index contributed by atoms with van der Waals surface area (Å²) in [7, 11) is 0. The van der Waals surface area contributed by atoms with Crippen LogP contribution < -0.4 is 5.32 Å². The molecule has 0 aliphatic carbocycles. The van der Waals surface area contributed by atoms with Gasteiger partial charge < -0.3 is 5.32 Å². The molecule has 0 saturated heterocycles. The van der Waals surface area contributed by atoms with Crippen LogP contribution in [0.1, 0.15) is 18.2 Å². The lowest BCUT2D eigenvalue weighted by atomic mass is 10.4. The van der Waals surface area contributed by atoms with Gasteiger partial charge in [-0.3, -0.25) is 4.68 Å². The second kappa shape index (κ2) is 6.55. The molecule has 1 N–H and O–H groups in total. The number of aryl methyl sites for hydroxylation is 1. The van der Waals surface area contributed by atoms with E-state index in [2.05, 4.69) is 41.0 Å². The van der Waals surface area contributed by atoms with Crippen molar-refractivity contribution in [3.63, 3.8) is 0 Å². The van der Waals surface area contributed by atoms with E-state index in [0.29, 0.717) is 0 Å². The van der Waals surface area contributed by atoms with Crippen LogP contribution in [0.25, 0.3) is 0 Å². The number of hydrogen-bond donors (Lipinski definition) is 1. The summed E-state index contributed by atoms with van der Waals surface area (Å²) in [4.78, 5) is 1.35. The first-order valence-electron chi connectivity index (χ1n) is 5.17. The second-order valence-corrected chi connectivity index (χ2v) is 4.46. The summed E-state index contributed by atoms with van der Waals surface area (Å²) in [6.45, 7) is 4.02. The Kier molecular flexibility index (Phi) is 5.35. The predicted molar refractivity (Wildman–Crippen MR) is 71.4 cm³/mol. The average Bonchev–Trinajstić information content (AvgIpc) is 2.85. The van der Waals surface area contributed by atoms with E-state index in [1.807, 2.05) is 10.9 Å². The molecule has 2 aromatic heterocycles. The minimum atomic E-state index is 0. The van der Waals surface area contributed by atoms with Crippen molar-refractivity contribution < 1.29 is 0 Å². The first-order chi connectivity index (χ1) is 7.38. The van der Waals surface area contributed by atoms with Gasteiger partial charge in [0.1, 0.15) is 0 Å². The maximum atomic E-state index is 4.26. The fraction of sp³-hybridized carbons (Fsp3) is 0.364. The summed E-state index contributed by atoms with van der Waals surface area (Å²) in [5, 5.41) is 9.71. The van der Waals surface area contributed by atoms with Crippen molar-refractivity contribution in [2.75, 3.05) is 5.32 Å². The third kappa shape index (κ3) is 3.54. The number of nitrogens with one attached hydrogen (secondary N) is 1. The third-order valence-electron chi connectivity index (χ3n) is 2.13. The number of thiophene rings is 1. The summed E-state index contributed by atoms with van der Waals surface area (Å²) in [5.74, 6) is 0. The van der Waals surface area contributed by atoms with Crippen molar-refractivity contribution in [1.82, 2.24) is 9.78 Å². The Morgan fingerprint density at radius 3 is 3.06 bits per heavy atom. The van der Waals surface area contributed by atoms with E-state index >= 15 is 0 Å². The average molecular weight is 258 g/mol. The molecule has 16 heavy (non-hydrogen) atoms. The maximum absolute atomic E-state index is 4.26. The SMILES string of the molecule is CCCn1cc(NCc2cccs2)cn1.Cl. The predicted octanol–water partition coefficient (Wildman–Crippen LogP) is 3.39. The highest BCUT2D eigenvalue weighted by molar-refractivity contribution is 7.09. The lowest BCUT2D eigenvalue weighted by Gasteiger charge is -2.00. The highest BCUT2D eigenvalue weighted by Crippen LogP contribution is 2.12. The van der Waals surface area contributed by atoms with Crippen molar-refractivity contribution in [1.29, 1.82) is 0 Å². The molecular formula is C11H16ClN3S. The van der Waals surface area contributed by atoms with Crippen LogP contribution in [0.2, 0.25) is 0 Å². The molecule has 0 fully saturated rings. The van der Waals surface area contributed by atoms with Crippen LogP contribution >= 0.6 is 23.7 Å². The van der Waals surface area contributed by atoms with Crippen LogP contribution in [0.4, 0.5) is 5.69 Å². The summed E-state index contributed by atoms with van der Waals surface area (Å²) < 4.78 is 1.97. The van der Waals surface area contributed by atoms with Crippen molar-refractivity contribution >= 4 is 29.4 Å². The van der Waals surface area contributed by atoms with Crippen molar-refractivity contribution in [3.8, 4) is 0 Å². The number of halogens is 1. The molecule has 0 unspecified atom stereocenters. The zero-order valence-corrected chi connectivity index (χ0v) is 10.9. The van der Waals surface area contributed by atoms with Gasteiger partial charge in [0.2, 0.25) is 0 Å². The summed E-state index contributed by atoms with van der Waals surface area (Å²) >= 11 is 1.77. The number of rotatable bonds is 5. The standard InChI is InChI=1S/C11H15N3S.ClH/c1-2-5-14-9-10(7-13-14)12-8-11-4-3-6-15-11;/h3-4,6-7,9,12H,2,5,8H2,1H3;1H. The summed E-state index contributed by atoms with van der Waals surface area (Å²) in [5.41, 5.74) is 1.09. The van der Waals surface area contributed by atoms with Crippen molar-refractivity contribution in [3.05, 3.63) is 34.8 Å². The van der Waals surface area contributed by atoms with Crippen LogP contribution in [-0.2, 0) is 13.1 Å². The van der Waals surface area contributed by atoms with Crippen LogP contribution in [0.5, 0.6) is 0 Å². The van der Waals surface area contributed by atoms with Gasteiger partial charge in [0, 0.05) is 24.2 Å². The Hall–Kier alpha value is -1.00. The van der Waals surface area contributed by atoms with Gasteiger partial charge in [0.05, 0.1) is 11.9 Å². The summed E-state index contributed by atoms with van der Waals surface area (Å²) in [6, 6.07) is 4.20. The van der Waals surface area contributed by atoms with Crippen LogP contribution in [0, 0.1) is 0 Å². The molecule has 0 bridgehead atoms. The van der Waals surface area contributed by atoms with Gasteiger partial charge in [-0.15, -0.1) is 23.7 Å². The fourth-order valence-electron chi connectivity index (χ4n) is 1.41. The molecule has 0 saturated carbocycles. The summed E-state index contributed by atoms with van der Waals surface area (Å²) in [6.07, 6.45) is 5.05. The Morgan fingerprint density at radius 1 is 1.50 bits per heavy atom. The van der Waals surface area contributed by atoms with Crippen LogP contribution in [0.15, 0.2) is 29.9 Å². The molecule has 0 aliphatic heterocycles. The normalized spacial score (nSPS) is 9.81. The molecule has 3 nitrogen and oxygen atoms in total. The Bertz CT molecular complexity index is 397. The van der Waals surface area contributed by atoms with E-state index in [9.17, 15) is 0 Å². The maximum Gasteiger partial charge on any atom is 0.0729 e. The smallest absolute Gasteiger partial charge is 0.0729 e. The zero-order chi connectivity index (χ0) is 10.5. The van der Waals surface area contributed by atoms with Gasteiger partial charge in [-0.2, -0.15) is 5.10 Å². The van der Waals surface area contributed by atoms with Gasteiger partial charge in [-0.25, -0.2) is 0 Å². The van der Waals surface area contributed by atoms with E-state index < -0.39 is 0 Å². The monoisotopic (exact) mass is 257 g/mol. The number of aromatic nitrogens is 2. The number of anilines is 1. The Morgan fingerprint density at radius 2 is 2.38 bits per heavy atom. The van der Waals surface area contributed by atoms with Gasteiger partial charge in [-0.1, -0.05) is 13.0 Å². The van der Waals surface area contributed by atoms with E-state index in [-0.39, 0.29) is 12.4 Å². The fourth-order valence-corrected chi connectivity index (χ4v) is 2.05. The number of nitrogens with zero attached hydrogens (tertiary/aromatic N) is 2. The first kappa shape index (κ1) is 13.1. The molecule has 0 radical (unpaired) electrons. The minimum Gasteiger partial charge on any atom is -0.378 e. The molecule has 2 rings (SSSR count). The molecular weight excluding hydrogens is 242 g/mol. The molecule has 0 amide bonds. The lowest BCUT2D eigenvalue weighted by molar-refractivity contribution is 0.603. The first-order valence-corrected chi connectivity index (χ1v) is 6.05. The molecule has 5 heteroatoms. The van der Waals surface area contributed by atoms with Crippen molar-refractivity contribution in [2.24, 2.45) is 0 Å². The topological polar surface area (TPSA) is 29.9 Å². The van der Waals surface area contributed by atoms with E-state index in [1.54, 1.807) is 11.3 Å². The van der Waals surface area contributed by atoms with Gasteiger partial charge >= 0.3 is 0 Å². The molecule has 0 atom stereocenters. The highest BCUT2D eigenvalue weighted by atomic mass is 35.5. The molecule has 0 spiro atoms. The van der Waals surface area contributed by atoms with Crippen molar-refractivity contribution in [2.45, 2.75) is 26.4 Å². The lowest BCUT2D eigenvalue weighted by Crippen LogP contribution is -1.97. The number of hydrogen-bond acceptors (Lipinski definition) is 3. The van der Waals surface area contributed by atoms with Crippen LogP contribution in [-0.4, -0.2) is 9.78 Å².